The topological polar surface area (TPSA) is 83.5 Å². The molecule has 10 heteroatoms. The first-order valence-electron chi connectivity index (χ1n) is 9.34. The molecule has 3 fully saturated rings. The summed E-state index contributed by atoms with van der Waals surface area (Å²) in [5.74, 6) is 1.11. The summed E-state index contributed by atoms with van der Waals surface area (Å²) in [5, 5.41) is 3.32. The summed E-state index contributed by atoms with van der Waals surface area (Å²) in [7, 11) is -3.05. The van der Waals surface area contributed by atoms with Gasteiger partial charge in [0.05, 0.1) is 25.0 Å². The number of hydrogen-bond donors (Lipinski definition) is 1. The minimum Gasteiger partial charge on any atom is -0.375 e. The number of nitrogens with one attached hydrogen (secondary N) is 1. The van der Waals surface area contributed by atoms with Gasteiger partial charge < -0.3 is 19.7 Å². The van der Waals surface area contributed by atoms with Crippen molar-refractivity contribution in [1.82, 2.24) is 14.5 Å². The van der Waals surface area contributed by atoms with E-state index in [0.29, 0.717) is 26.2 Å². The molecule has 0 amide bonds. The quantitative estimate of drug-likeness (QED) is 0.335. The minimum atomic E-state index is -3.05. The second-order valence-electron chi connectivity index (χ2n) is 6.71. The van der Waals surface area contributed by atoms with Crippen molar-refractivity contribution >= 4 is 40.0 Å². The number of halogens is 1. The van der Waals surface area contributed by atoms with Gasteiger partial charge in [-0.25, -0.2) is 12.7 Å². The standard InChI is InChI=1S/C16H30N4O4S.HI/c1-2-17-16(18-6-8-20-7-4-12-25(20,21)22)19-9-11-24-15(13-19)14-5-3-10-23-14;/h14-15H,2-13H2,1H3,(H,17,18);1H. The zero-order valence-corrected chi connectivity index (χ0v) is 18.6. The van der Waals surface area contributed by atoms with E-state index in [-0.39, 0.29) is 41.9 Å². The van der Waals surface area contributed by atoms with Crippen LogP contribution in [0.3, 0.4) is 0 Å². The highest BCUT2D eigenvalue weighted by Crippen LogP contribution is 2.21. The van der Waals surface area contributed by atoms with Crippen LogP contribution in [-0.4, -0.2) is 94.0 Å². The van der Waals surface area contributed by atoms with Crippen LogP contribution in [-0.2, 0) is 19.5 Å². The van der Waals surface area contributed by atoms with Gasteiger partial charge >= 0.3 is 0 Å². The molecule has 0 aromatic heterocycles. The normalized spacial score (nSPS) is 29.6. The summed E-state index contributed by atoms with van der Waals surface area (Å²) in [6, 6.07) is 0. The number of rotatable bonds is 5. The molecule has 3 aliphatic rings. The molecule has 8 nitrogen and oxygen atoms in total. The molecule has 2 unspecified atom stereocenters. The van der Waals surface area contributed by atoms with E-state index in [1.165, 1.54) is 0 Å². The zero-order valence-electron chi connectivity index (χ0n) is 15.4. The van der Waals surface area contributed by atoms with Gasteiger partial charge in [-0.1, -0.05) is 0 Å². The number of guanidine groups is 1. The zero-order chi connectivity index (χ0) is 17.7. The molecule has 0 radical (unpaired) electrons. The Balaban J connectivity index is 0.00000243. The molecule has 3 heterocycles. The van der Waals surface area contributed by atoms with Crippen LogP contribution in [0.2, 0.25) is 0 Å². The summed E-state index contributed by atoms with van der Waals surface area (Å²) < 4.78 is 37.0. The van der Waals surface area contributed by atoms with Crippen LogP contribution in [0.5, 0.6) is 0 Å². The number of sulfonamides is 1. The van der Waals surface area contributed by atoms with Crippen molar-refractivity contribution in [1.29, 1.82) is 0 Å². The summed E-state index contributed by atoms with van der Waals surface area (Å²) in [4.78, 5) is 6.86. The average Bonchev–Trinajstić information content (AvgIpc) is 3.24. The van der Waals surface area contributed by atoms with E-state index < -0.39 is 10.0 Å². The number of hydrogen-bond acceptors (Lipinski definition) is 5. The van der Waals surface area contributed by atoms with Crippen LogP contribution in [0.25, 0.3) is 0 Å². The SMILES string of the molecule is CCNC(=NCCN1CCCS1(=O)=O)N1CCOC(C2CCCO2)C1.I. The predicted molar refractivity (Wildman–Crippen MR) is 112 cm³/mol. The van der Waals surface area contributed by atoms with Crippen LogP contribution in [0.15, 0.2) is 4.99 Å². The minimum absolute atomic E-state index is 0. The third-order valence-electron chi connectivity index (χ3n) is 4.92. The van der Waals surface area contributed by atoms with Crippen molar-refractivity contribution in [3.8, 4) is 0 Å². The molecule has 3 saturated heterocycles. The molecule has 0 aromatic rings. The molecular weight excluding hydrogens is 471 g/mol. The summed E-state index contributed by atoms with van der Waals surface area (Å²) in [6.07, 6.45) is 3.14. The van der Waals surface area contributed by atoms with E-state index in [1.807, 2.05) is 6.92 Å². The predicted octanol–water partition coefficient (Wildman–Crippen LogP) is 0.485. The lowest BCUT2D eigenvalue weighted by Crippen LogP contribution is -2.53. The molecule has 1 N–H and O–H groups in total. The highest BCUT2D eigenvalue weighted by Gasteiger charge is 2.32. The lowest BCUT2D eigenvalue weighted by Gasteiger charge is -2.37. The van der Waals surface area contributed by atoms with Gasteiger partial charge in [-0.2, -0.15) is 0 Å². The van der Waals surface area contributed by atoms with E-state index in [9.17, 15) is 8.42 Å². The number of aliphatic imine (C=N–C) groups is 1. The molecule has 2 atom stereocenters. The molecule has 0 bridgehead atoms. The lowest BCUT2D eigenvalue weighted by atomic mass is 10.1. The van der Waals surface area contributed by atoms with Gasteiger partial charge in [0, 0.05) is 39.3 Å². The summed E-state index contributed by atoms with van der Waals surface area (Å²) in [5.41, 5.74) is 0. The first-order chi connectivity index (χ1) is 12.1. The number of ether oxygens (including phenoxy) is 2. The fraction of sp³-hybridized carbons (Fsp3) is 0.938. The van der Waals surface area contributed by atoms with Crippen molar-refractivity contribution in [2.45, 2.75) is 38.4 Å². The summed E-state index contributed by atoms with van der Waals surface area (Å²) >= 11 is 0. The Kier molecular flexibility index (Phi) is 8.84. The lowest BCUT2D eigenvalue weighted by molar-refractivity contribution is -0.0817. The van der Waals surface area contributed by atoms with Crippen molar-refractivity contribution in [3.05, 3.63) is 0 Å². The number of morpholine rings is 1. The Labute approximate surface area is 173 Å². The van der Waals surface area contributed by atoms with E-state index >= 15 is 0 Å². The van der Waals surface area contributed by atoms with E-state index in [4.69, 9.17) is 9.47 Å². The van der Waals surface area contributed by atoms with Gasteiger partial charge in [0.1, 0.15) is 6.10 Å². The van der Waals surface area contributed by atoms with Gasteiger partial charge in [-0.15, -0.1) is 24.0 Å². The summed E-state index contributed by atoms with van der Waals surface area (Å²) in [6.45, 7) is 7.41. The molecule has 0 spiro atoms. The van der Waals surface area contributed by atoms with Crippen molar-refractivity contribution in [2.75, 3.05) is 58.2 Å². The third-order valence-corrected chi connectivity index (χ3v) is 6.88. The van der Waals surface area contributed by atoms with Gasteiger partial charge in [-0.3, -0.25) is 4.99 Å². The smallest absolute Gasteiger partial charge is 0.214 e. The van der Waals surface area contributed by atoms with Crippen LogP contribution in [0.4, 0.5) is 0 Å². The first kappa shape index (κ1) is 22.1. The Morgan fingerprint density at radius 3 is 2.65 bits per heavy atom. The Bertz CT molecular complexity index is 569. The van der Waals surface area contributed by atoms with Crippen LogP contribution in [0.1, 0.15) is 26.2 Å². The van der Waals surface area contributed by atoms with E-state index in [2.05, 4.69) is 15.2 Å². The van der Waals surface area contributed by atoms with Crippen molar-refractivity contribution in [2.24, 2.45) is 4.99 Å². The molecule has 152 valence electrons. The molecule has 3 rings (SSSR count). The van der Waals surface area contributed by atoms with Gasteiger partial charge in [0.2, 0.25) is 10.0 Å². The Hall–Kier alpha value is -0.170. The first-order valence-corrected chi connectivity index (χ1v) is 11.0. The maximum Gasteiger partial charge on any atom is 0.214 e. The fourth-order valence-corrected chi connectivity index (χ4v) is 5.14. The van der Waals surface area contributed by atoms with Crippen LogP contribution < -0.4 is 5.32 Å². The monoisotopic (exact) mass is 502 g/mol. The molecule has 26 heavy (non-hydrogen) atoms. The molecule has 0 saturated carbocycles. The third kappa shape index (κ3) is 5.66. The Morgan fingerprint density at radius 2 is 2.00 bits per heavy atom. The van der Waals surface area contributed by atoms with Gasteiger partial charge in [0.25, 0.3) is 0 Å². The maximum atomic E-state index is 11.9. The molecule has 0 aromatic carbocycles. The van der Waals surface area contributed by atoms with Crippen LogP contribution >= 0.6 is 24.0 Å². The maximum absolute atomic E-state index is 11.9. The second-order valence-corrected chi connectivity index (χ2v) is 8.80. The van der Waals surface area contributed by atoms with Crippen molar-refractivity contribution < 1.29 is 17.9 Å². The average molecular weight is 502 g/mol. The van der Waals surface area contributed by atoms with Crippen molar-refractivity contribution in [3.63, 3.8) is 0 Å². The molecular formula is C16H31IN4O4S. The highest BCUT2D eigenvalue weighted by atomic mass is 127. The molecule has 3 aliphatic heterocycles. The highest BCUT2D eigenvalue weighted by molar-refractivity contribution is 14.0. The largest absolute Gasteiger partial charge is 0.375 e. The van der Waals surface area contributed by atoms with Gasteiger partial charge in [-0.05, 0) is 26.2 Å². The fourth-order valence-electron chi connectivity index (χ4n) is 3.62. The Morgan fingerprint density at radius 1 is 1.19 bits per heavy atom. The van der Waals surface area contributed by atoms with E-state index in [0.717, 1.165) is 51.5 Å². The van der Waals surface area contributed by atoms with E-state index in [1.54, 1.807) is 4.31 Å². The van der Waals surface area contributed by atoms with Gasteiger partial charge in [0.15, 0.2) is 5.96 Å². The second kappa shape index (κ2) is 10.4. The van der Waals surface area contributed by atoms with Crippen LogP contribution in [0, 0.1) is 0 Å². The molecule has 0 aliphatic carbocycles. The number of nitrogens with zero attached hydrogens (tertiary/aromatic N) is 3.